The number of hydrogen-bond acceptors (Lipinski definition) is 5. The smallest absolute Gasteiger partial charge is 0.336 e. The molecule has 0 aliphatic carbocycles. The lowest BCUT2D eigenvalue weighted by atomic mass is 10.1. The second-order valence-corrected chi connectivity index (χ2v) is 5.55. The Morgan fingerprint density at radius 3 is 2.71 bits per heavy atom. The number of nitrogens with one attached hydrogen (secondary N) is 1. The number of rotatable bonds is 7. The van der Waals surface area contributed by atoms with Crippen LogP contribution in [0.25, 0.3) is 11.0 Å². The minimum Gasteiger partial charge on any atom is -0.508 e. The molecule has 1 aromatic carbocycles. The van der Waals surface area contributed by atoms with Crippen LogP contribution in [0.4, 0.5) is 0 Å². The molecule has 0 radical (unpaired) electrons. The van der Waals surface area contributed by atoms with E-state index in [0.717, 1.165) is 6.42 Å². The number of benzene rings is 1. The maximum atomic E-state index is 12.2. The Morgan fingerprint density at radius 1 is 1.29 bits per heavy atom. The molecule has 24 heavy (non-hydrogen) atoms. The second kappa shape index (κ2) is 7.63. The van der Waals surface area contributed by atoms with Gasteiger partial charge in [0, 0.05) is 17.5 Å². The van der Waals surface area contributed by atoms with Gasteiger partial charge in [0.25, 0.3) is 0 Å². The first-order valence-corrected chi connectivity index (χ1v) is 7.68. The average Bonchev–Trinajstić information content (AvgIpc) is 2.50. The number of unbranched alkanes of at least 4 members (excludes halogenated alkanes) is 1. The highest BCUT2D eigenvalue weighted by molar-refractivity contribution is 5.89. The molecule has 0 saturated heterocycles. The summed E-state index contributed by atoms with van der Waals surface area (Å²) in [5, 5.41) is 21.6. The van der Waals surface area contributed by atoms with Crippen molar-refractivity contribution in [2.45, 2.75) is 38.6 Å². The molecule has 1 amide bonds. The van der Waals surface area contributed by atoms with E-state index in [0.29, 0.717) is 23.8 Å². The van der Waals surface area contributed by atoms with Gasteiger partial charge in [0.15, 0.2) is 0 Å². The van der Waals surface area contributed by atoms with E-state index in [-0.39, 0.29) is 17.8 Å². The Morgan fingerprint density at radius 2 is 2.04 bits per heavy atom. The highest BCUT2D eigenvalue weighted by Crippen LogP contribution is 2.22. The molecule has 0 bridgehead atoms. The number of phenolic OH excluding ortho intramolecular Hbond substituents is 1. The zero-order chi connectivity index (χ0) is 17.7. The molecule has 0 saturated carbocycles. The van der Waals surface area contributed by atoms with Crippen molar-refractivity contribution < 1.29 is 24.2 Å². The summed E-state index contributed by atoms with van der Waals surface area (Å²) in [4.78, 5) is 34.9. The molecule has 1 unspecified atom stereocenters. The number of aromatic hydroxyl groups is 1. The number of phenols is 1. The number of aliphatic carboxylic acids is 1. The summed E-state index contributed by atoms with van der Waals surface area (Å²) in [5.74, 6) is -1.63. The number of fused-ring (bicyclic) bond motifs is 1. The van der Waals surface area contributed by atoms with Crippen LogP contribution in [0.5, 0.6) is 5.75 Å². The van der Waals surface area contributed by atoms with Crippen molar-refractivity contribution in [3.8, 4) is 5.75 Å². The third kappa shape index (κ3) is 4.34. The monoisotopic (exact) mass is 333 g/mol. The molecule has 0 spiro atoms. The molecule has 7 nitrogen and oxygen atoms in total. The fourth-order valence-electron chi connectivity index (χ4n) is 2.45. The number of carbonyl (C=O) groups is 2. The van der Waals surface area contributed by atoms with E-state index in [2.05, 4.69) is 5.32 Å². The van der Waals surface area contributed by atoms with E-state index >= 15 is 0 Å². The molecule has 1 aromatic heterocycles. The van der Waals surface area contributed by atoms with E-state index in [1.165, 1.54) is 18.2 Å². The van der Waals surface area contributed by atoms with Crippen LogP contribution in [0, 0.1) is 0 Å². The van der Waals surface area contributed by atoms with Gasteiger partial charge in [0.1, 0.15) is 17.4 Å². The van der Waals surface area contributed by atoms with Crippen molar-refractivity contribution in [2.75, 3.05) is 0 Å². The Kier molecular flexibility index (Phi) is 5.57. The highest BCUT2D eigenvalue weighted by Gasteiger charge is 2.20. The van der Waals surface area contributed by atoms with Gasteiger partial charge in [0.05, 0.1) is 6.42 Å². The van der Waals surface area contributed by atoms with Crippen molar-refractivity contribution in [2.24, 2.45) is 0 Å². The zero-order valence-electron chi connectivity index (χ0n) is 13.2. The first kappa shape index (κ1) is 17.5. The van der Waals surface area contributed by atoms with Crippen molar-refractivity contribution >= 4 is 22.8 Å². The van der Waals surface area contributed by atoms with E-state index in [9.17, 15) is 19.5 Å². The fourth-order valence-corrected chi connectivity index (χ4v) is 2.45. The number of carbonyl (C=O) groups excluding carboxylic acids is 1. The van der Waals surface area contributed by atoms with Crippen LogP contribution in [0.1, 0.15) is 31.7 Å². The Balaban J connectivity index is 2.21. The SMILES string of the molecule is CCCCC(NC(=O)Cc1cc(=O)oc2cc(O)ccc12)C(=O)O. The molecule has 1 heterocycles. The quantitative estimate of drug-likeness (QED) is 0.665. The largest absolute Gasteiger partial charge is 0.508 e. The van der Waals surface area contributed by atoms with Crippen LogP contribution in [-0.2, 0) is 16.0 Å². The van der Waals surface area contributed by atoms with Gasteiger partial charge < -0.3 is 19.9 Å². The minimum atomic E-state index is -1.08. The number of hydrogen-bond donors (Lipinski definition) is 3. The van der Waals surface area contributed by atoms with Gasteiger partial charge in [-0.3, -0.25) is 4.79 Å². The molecule has 128 valence electrons. The molecule has 0 aliphatic heterocycles. The average molecular weight is 333 g/mol. The van der Waals surface area contributed by atoms with Gasteiger partial charge >= 0.3 is 11.6 Å². The fraction of sp³-hybridized carbons (Fsp3) is 0.353. The summed E-state index contributed by atoms with van der Waals surface area (Å²) < 4.78 is 5.00. The molecule has 2 aromatic rings. The maximum Gasteiger partial charge on any atom is 0.336 e. The molecular weight excluding hydrogens is 314 g/mol. The summed E-state index contributed by atoms with van der Waals surface area (Å²) in [7, 11) is 0. The summed E-state index contributed by atoms with van der Waals surface area (Å²) in [5.41, 5.74) is -0.0545. The van der Waals surface area contributed by atoms with E-state index in [4.69, 9.17) is 9.52 Å². The number of carboxylic acid groups (broad SMARTS) is 1. The first-order chi connectivity index (χ1) is 11.4. The lowest BCUT2D eigenvalue weighted by molar-refractivity contribution is -0.141. The van der Waals surface area contributed by atoms with E-state index in [1.54, 1.807) is 6.07 Å². The predicted molar refractivity (Wildman–Crippen MR) is 86.9 cm³/mol. The Hall–Kier alpha value is -2.83. The van der Waals surface area contributed by atoms with E-state index in [1.807, 2.05) is 6.92 Å². The first-order valence-electron chi connectivity index (χ1n) is 7.68. The highest BCUT2D eigenvalue weighted by atomic mass is 16.4. The van der Waals surface area contributed by atoms with Gasteiger partial charge in [0.2, 0.25) is 5.91 Å². The van der Waals surface area contributed by atoms with Gasteiger partial charge in [-0.15, -0.1) is 0 Å². The van der Waals surface area contributed by atoms with Crippen LogP contribution in [0.3, 0.4) is 0 Å². The van der Waals surface area contributed by atoms with Crippen LogP contribution in [0.15, 0.2) is 33.5 Å². The molecule has 0 fully saturated rings. The van der Waals surface area contributed by atoms with Gasteiger partial charge in [-0.2, -0.15) is 0 Å². The summed E-state index contributed by atoms with van der Waals surface area (Å²) in [6.07, 6.45) is 1.72. The molecule has 1 atom stereocenters. The number of carboxylic acids is 1. The van der Waals surface area contributed by atoms with Gasteiger partial charge in [-0.25, -0.2) is 9.59 Å². The lowest BCUT2D eigenvalue weighted by Crippen LogP contribution is -2.41. The van der Waals surface area contributed by atoms with Crippen LogP contribution in [0.2, 0.25) is 0 Å². The van der Waals surface area contributed by atoms with Crippen LogP contribution in [-0.4, -0.2) is 28.1 Å². The standard InChI is InChI=1S/C17H19NO6/c1-2-3-4-13(17(22)23)18-15(20)7-10-8-16(21)24-14-9-11(19)5-6-12(10)14/h5-6,8-9,13,19H,2-4,7H2,1H3,(H,18,20)(H,22,23). The second-order valence-electron chi connectivity index (χ2n) is 5.55. The summed E-state index contributed by atoms with van der Waals surface area (Å²) >= 11 is 0. The van der Waals surface area contributed by atoms with Gasteiger partial charge in [-0.1, -0.05) is 19.8 Å². The predicted octanol–water partition coefficient (Wildman–Crippen LogP) is 1.80. The van der Waals surface area contributed by atoms with Crippen LogP contribution >= 0.6 is 0 Å². The summed E-state index contributed by atoms with van der Waals surface area (Å²) in [6.45, 7) is 1.94. The van der Waals surface area contributed by atoms with Crippen molar-refractivity contribution in [3.63, 3.8) is 0 Å². The third-order valence-corrected chi connectivity index (χ3v) is 3.64. The van der Waals surface area contributed by atoms with E-state index < -0.39 is 23.5 Å². The minimum absolute atomic E-state index is 0.0576. The zero-order valence-corrected chi connectivity index (χ0v) is 13.2. The molecular formula is C17H19NO6. The maximum absolute atomic E-state index is 12.2. The molecule has 3 N–H and O–H groups in total. The molecule has 2 rings (SSSR count). The topological polar surface area (TPSA) is 117 Å². The van der Waals surface area contributed by atoms with Crippen molar-refractivity contribution in [1.82, 2.24) is 5.32 Å². The normalized spacial score (nSPS) is 12.0. The molecule has 0 aliphatic rings. The van der Waals surface area contributed by atoms with Gasteiger partial charge in [-0.05, 0) is 24.1 Å². The Bertz CT molecular complexity index is 810. The third-order valence-electron chi connectivity index (χ3n) is 3.64. The van der Waals surface area contributed by atoms with Crippen molar-refractivity contribution in [1.29, 1.82) is 0 Å². The summed E-state index contributed by atoms with van der Waals surface area (Å²) in [6, 6.07) is 4.50. The Labute approximate surface area is 137 Å². The van der Waals surface area contributed by atoms with Crippen LogP contribution < -0.4 is 10.9 Å². The van der Waals surface area contributed by atoms with Crippen molar-refractivity contribution in [3.05, 3.63) is 40.2 Å². The molecule has 7 heteroatoms. The lowest BCUT2D eigenvalue weighted by Gasteiger charge is -2.14. The number of amides is 1.